The van der Waals surface area contributed by atoms with E-state index < -0.39 is 0 Å². The lowest BCUT2D eigenvalue weighted by Crippen LogP contribution is -2.03. The Morgan fingerprint density at radius 3 is 1.50 bits per heavy atom. The third kappa shape index (κ3) is 6.19. The van der Waals surface area contributed by atoms with Crippen LogP contribution in [-0.2, 0) is 0 Å². The molecule has 0 bridgehead atoms. The summed E-state index contributed by atoms with van der Waals surface area (Å²) in [4.78, 5) is 0. The largest absolute Gasteiger partial charge is 0.494 e. The van der Waals surface area contributed by atoms with Gasteiger partial charge in [-0.15, -0.1) is 10.2 Å². The lowest BCUT2D eigenvalue weighted by molar-refractivity contribution is 0.411. The topological polar surface area (TPSA) is 106 Å². The fourth-order valence-corrected chi connectivity index (χ4v) is 5.51. The van der Waals surface area contributed by atoms with Crippen molar-refractivity contribution in [3.05, 3.63) is 131 Å². The number of benzene rings is 5. The second-order valence-electron chi connectivity index (χ2n) is 9.68. The fourth-order valence-electron chi connectivity index (χ4n) is 4.88. The van der Waals surface area contributed by atoms with Crippen molar-refractivity contribution < 1.29 is 13.9 Å². The van der Waals surface area contributed by atoms with Gasteiger partial charge in [-0.05, 0) is 85.4 Å². The highest BCUT2D eigenvalue weighted by Crippen LogP contribution is 2.34. The Balaban J connectivity index is 0.000000167. The average molecular weight is 725 g/mol. The van der Waals surface area contributed by atoms with Crippen molar-refractivity contribution in [1.82, 2.24) is 40.4 Å². The molecule has 0 saturated heterocycles. The van der Waals surface area contributed by atoms with Crippen LogP contribution in [0, 0.1) is 9.39 Å². The molecular formula is C34H26FIN8O2. The molecule has 10 nitrogen and oxygen atoms in total. The van der Waals surface area contributed by atoms with Gasteiger partial charge >= 0.3 is 0 Å². The lowest BCUT2D eigenvalue weighted by atomic mass is 9.98. The van der Waals surface area contributed by atoms with Crippen molar-refractivity contribution in [2.75, 3.05) is 14.2 Å². The summed E-state index contributed by atoms with van der Waals surface area (Å²) < 4.78 is 29.5. The van der Waals surface area contributed by atoms with Gasteiger partial charge in [0.25, 0.3) is 0 Å². The van der Waals surface area contributed by atoms with Crippen LogP contribution >= 0.6 is 22.6 Å². The summed E-state index contributed by atoms with van der Waals surface area (Å²) in [6.07, 6.45) is 0. The van der Waals surface area contributed by atoms with E-state index in [2.05, 4.69) is 53.6 Å². The standard InChI is InChI=1S/C20H15FN4O.C14H11IN4O/c1-26-19-13-7-6-12-18(19)25-20(22-23-24-25)16-10-3-2-8-14(16)15-9-4-5-11-17(15)21;1-20-13-9-5-4-8-12(13)19-14(16-17-18-19)10-6-2-3-7-11(10)15/h2-13H,1H3;2-9H,1H3. The first kappa shape index (κ1) is 30.5. The third-order valence-corrected chi connectivity index (χ3v) is 7.95. The molecular weight excluding hydrogens is 698 g/mol. The van der Waals surface area contributed by atoms with E-state index in [0.717, 1.165) is 31.7 Å². The summed E-state index contributed by atoms with van der Waals surface area (Å²) in [7, 11) is 3.23. The molecule has 0 unspecified atom stereocenters. The van der Waals surface area contributed by atoms with Crippen molar-refractivity contribution >= 4 is 22.6 Å². The second-order valence-corrected chi connectivity index (χ2v) is 10.8. The molecule has 0 amide bonds. The Morgan fingerprint density at radius 2 is 0.957 bits per heavy atom. The van der Waals surface area contributed by atoms with Crippen molar-refractivity contribution in [3.8, 4) is 56.8 Å². The molecule has 2 aromatic heterocycles. The van der Waals surface area contributed by atoms with Crippen LogP contribution < -0.4 is 9.47 Å². The minimum Gasteiger partial charge on any atom is -0.494 e. The van der Waals surface area contributed by atoms with E-state index in [1.165, 1.54) is 6.07 Å². The summed E-state index contributed by atoms with van der Waals surface area (Å²) in [6.45, 7) is 0. The molecule has 0 N–H and O–H groups in total. The van der Waals surface area contributed by atoms with E-state index in [1.54, 1.807) is 41.8 Å². The molecule has 46 heavy (non-hydrogen) atoms. The fraction of sp³-hybridized carbons (Fsp3) is 0.0588. The van der Waals surface area contributed by atoms with Gasteiger partial charge in [-0.2, -0.15) is 9.36 Å². The Morgan fingerprint density at radius 1 is 0.522 bits per heavy atom. The van der Waals surface area contributed by atoms with Crippen molar-refractivity contribution in [2.45, 2.75) is 0 Å². The van der Waals surface area contributed by atoms with E-state index in [1.807, 2.05) is 97.1 Å². The van der Waals surface area contributed by atoms with Crippen LogP contribution in [0.15, 0.2) is 121 Å². The smallest absolute Gasteiger partial charge is 0.188 e. The maximum Gasteiger partial charge on any atom is 0.188 e. The maximum atomic E-state index is 14.4. The zero-order valence-electron chi connectivity index (χ0n) is 24.7. The molecule has 2 heterocycles. The first-order valence-corrected chi connectivity index (χ1v) is 15.1. The molecule has 0 aliphatic rings. The van der Waals surface area contributed by atoms with Gasteiger partial charge in [0, 0.05) is 20.3 Å². The Bertz CT molecular complexity index is 2100. The molecule has 0 saturated carbocycles. The van der Waals surface area contributed by atoms with E-state index in [9.17, 15) is 4.39 Å². The van der Waals surface area contributed by atoms with Gasteiger partial charge in [-0.25, -0.2) is 4.39 Å². The predicted molar refractivity (Wildman–Crippen MR) is 180 cm³/mol. The van der Waals surface area contributed by atoms with Crippen LogP contribution in [0.4, 0.5) is 4.39 Å². The molecule has 7 aromatic rings. The van der Waals surface area contributed by atoms with Crippen LogP contribution in [0.3, 0.4) is 0 Å². The number of nitrogens with zero attached hydrogens (tertiary/aromatic N) is 8. The Hall–Kier alpha value is -5.50. The number of methoxy groups -OCH3 is 2. The van der Waals surface area contributed by atoms with Crippen LogP contribution in [0.2, 0.25) is 0 Å². The number of tetrazole rings is 2. The molecule has 0 aliphatic heterocycles. The monoisotopic (exact) mass is 724 g/mol. The Kier molecular flexibility index (Phi) is 9.34. The number of para-hydroxylation sites is 4. The SMILES string of the molecule is COc1ccccc1-n1nnnc1-c1ccccc1-c1ccccc1F.COc1ccccc1-n1nnnc1-c1ccccc1I. The summed E-state index contributed by atoms with van der Waals surface area (Å²) in [5, 5.41) is 24.1. The summed E-state index contributed by atoms with van der Waals surface area (Å²) in [5.74, 6) is 2.28. The maximum absolute atomic E-state index is 14.4. The quantitative estimate of drug-likeness (QED) is 0.161. The van der Waals surface area contributed by atoms with E-state index in [4.69, 9.17) is 9.47 Å². The van der Waals surface area contributed by atoms with Crippen LogP contribution in [0.5, 0.6) is 11.5 Å². The third-order valence-electron chi connectivity index (χ3n) is 7.01. The molecule has 0 radical (unpaired) electrons. The normalized spacial score (nSPS) is 10.6. The van der Waals surface area contributed by atoms with Crippen LogP contribution in [-0.4, -0.2) is 54.6 Å². The number of ether oxygens (including phenoxy) is 2. The van der Waals surface area contributed by atoms with E-state index in [-0.39, 0.29) is 5.82 Å². The second kappa shape index (κ2) is 14.1. The highest BCUT2D eigenvalue weighted by molar-refractivity contribution is 14.1. The van der Waals surface area contributed by atoms with Crippen molar-refractivity contribution in [3.63, 3.8) is 0 Å². The minimum absolute atomic E-state index is 0.295. The van der Waals surface area contributed by atoms with Gasteiger partial charge in [0.1, 0.15) is 28.7 Å². The van der Waals surface area contributed by atoms with Crippen molar-refractivity contribution in [1.29, 1.82) is 0 Å². The number of hydrogen-bond donors (Lipinski definition) is 0. The van der Waals surface area contributed by atoms with E-state index in [0.29, 0.717) is 28.6 Å². The zero-order valence-corrected chi connectivity index (χ0v) is 26.9. The van der Waals surface area contributed by atoms with Gasteiger partial charge in [0.2, 0.25) is 0 Å². The molecule has 12 heteroatoms. The molecule has 228 valence electrons. The highest BCUT2D eigenvalue weighted by atomic mass is 127. The lowest BCUT2D eigenvalue weighted by Gasteiger charge is -2.12. The molecule has 0 spiro atoms. The molecule has 0 fully saturated rings. The number of rotatable bonds is 7. The van der Waals surface area contributed by atoms with Gasteiger partial charge < -0.3 is 9.47 Å². The summed E-state index contributed by atoms with van der Waals surface area (Å²) in [6, 6.07) is 37.2. The highest BCUT2D eigenvalue weighted by Gasteiger charge is 2.19. The predicted octanol–water partition coefficient (Wildman–Crippen LogP) is 7.09. The number of aromatic nitrogens is 8. The van der Waals surface area contributed by atoms with Gasteiger partial charge in [0.05, 0.1) is 14.2 Å². The van der Waals surface area contributed by atoms with Crippen LogP contribution in [0.1, 0.15) is 0 Å². The minimum atomic E-state index is -0.295. The number of hydrogen-bond acceptors (Lipinski definition) is 8. The molecule has 7 rings (SSSR count). The first-order valence-electron chi connectivity index (χ1n) is 14.0. The molecule has 0 atom stereocenters. The summed E-state index contributed by atoms with van der Waals surface area (Å²) >= 11 is 2.28. The van der Waals surface area contributed by atoms with Crippen LogP contribution in [0.25, 0.3) is 45.3 Å². The van der Waals surface area contributed by atoms with Crippen molar-refractivity contribution in [2.24, 2.45) is 0 Å². The average Bonchev–Trinajstić information content (AvgIpc) is 3.80. The van der Waals surface area contributed by atoms with Gasteiger partial charge in [-0.1, -0.05) is 84.9 Å². The first-order chi connectivity index (χ1) is 22.6. The van der Waals surface area contributed by atoms with Gasteiger partial charge in [0.15, 0.2) is 11.6 Å². The molecule has 0 aliphatic carbocycles. The Labute approximate surface area is 277 Å². The zero-order chi connectivity index (χ0) is 31.9. The number of halogens is 2. The van der Waals surface area contributed by atoms with E-state index >= 15 is 0 Å². The summed E-state index contributed by atoms with van der Waals surface area (Å²) in [5.41, 5.74) is 4.46. The van der Waals surface area contributed by atoms with Gasteiger partial charge in [-0.3, -0.25) is 0 Å². The molecule has 5 aromatic carbocycles.